The number of hydrogen-bond acceptors (Lipinski definition) is 3. The summed E-state index contributed by atoms with van der Waals surface area (Å²) in [5.41, 5.74) is 0.0822. The quantitative estimate of drug-likeness (QED) is 0.881. The maximum atomic E-state index is 13.6. The maximum Gasteiger partial charge on any atom is 0.314 e. The summed E-state index contributed by atoms with van der Waals surface area (Å²) in [5, 5.41) is 18.3. The third-order valence-electron chi connectivity index (χ3n) is 2.83. The van der Waals surface area contributed by atoms with Gasteiger partial charge in [-0.1, -0.05) is 18.2 Å². The fourth-order valence-electron chi connectivity index (χ4n) is 1.77. The molecule has 0 amide bonds. The normalized spacial score (nSPS) is 11.8. The Bertz CT molecular complexity index is 595. The molecule has 0 aliphatic heterocycles. The number of phenolic OH excluding ortho intramolecular Hbond substituents is 1. The predicted molar refractivity (Wildman–Crippen MR) is 70.4 cm³/mol. The summed E-state index contributed by atoms with van der Waals surface area (Å²) in [6.45, 7) is -0.193. The summed E-state index contributed by atoms with van der Waals surface area (Å²) in [6, 6.07) is 11.6. The van der Waals surface area contributed by atoms with E-state index in [1.54, 1.807) is 6.07 Å². The molecule has 2 rings (SSSR count). The smallest absolute Gasteiger partial charge is 0.314 e. The number of halogens is 1. The van der Waals surface area contributed by atoms with E-state index in [1.165, 1.54) is 42.5 Å². The average molecular weight is 276 g/mol. The lowest BCUT2D eigenvalue weighted by molar-refractivity contribution is -0.139. The van der Waals surface area contributed by atoms with Gasteiger partial charge >= 0.3 is 5.97 Å². The first-order chi connectivity index (χ1) is 9.58. The summed E-state index contributed by atoms with van der Waals surface area (Å²) in [6.07, 6.45) is 0. The lowest BCUT2D eigenvalue weighted by atomic mass is 10.00. The van der Waals surface area contributed by atoms with E-state index < -0.39 is 17.7 Å². The highest BCUT2D eigenvalue weighted by atomic mass is 19.1. The third kappa shape index (κ3) is 3.26. The molecule has 1 atom stereocenters. The predicted octanol–water partition coefficient (Wildman–Crippen LogP) is 2.78. The van der Waals surface area contributed by atoms with Crippen LogP contribution in [0.3, 0.4) is 0 Å². The van der Waals surface area contributed by atoms with Crippen LogP contribution in [0.25, 0.3) is 0 Å². The number of aromatic hydroxyl groups is 1. The van der Waals surface area contributed by atoms with Crippen molar-refractivity contribution in [2.24, 2.45) is 0 Å². The molecule has 0 spiro atoms. The Morgan fingerprint density at radius 2 is 1.80 bits per heavy atom. The van der Waals surface area contributed by atoms with Gasteiger partial charge < -0.3 is 14.9 Å². The number of carbonyl (C=O) groups is 1. The highest BCUT2D eigenvalue weighted by molar-refractivity contribution is 5.76. The van der Waals surface area contributed by atoms with Crippen molar-refractivity contribution >= 4 is 5.97 Å². The summed E-state index contributed by atoms with van der Waals surface area (Å²) in [7, 11) is 0. The molecule has 0 saturated carbocycles. The zero-order valence-electron chi connectivity index (χ0n) is 10.5. The molecule has 2 N–H and O–H groups in total. The molecule has 0 bridgehead atoms. The molecular weight excluding hydrogens is 263 g/mol. The molecule has 2 aromatic rings. The molecule has 0 aliphatic rings. The van der Waals surface area contributed by atoms with E-state index >= 15 is 0 Å². The van der Waals surface area contributed by atoms with Gasteiger partial charge in [-0.05, 0) is 30.3 Å². The van der Waals surface area contributed by atoms with Gasteiger partial charge in [0, 0.05) is 5.56 Å². The van der Waals surface area contributed by atoms with Gasteiger partial charge in [-0.3, -0.25) is 4.79 Å². The molecule has 0 aliphatic carbocycles. The van der Waals surface area contributed by atoms with Crippen LogP contribution in [0, 0.1) is 5.82 Å². The Morgan fingerprint density at radius 3 is 2.40 bits per heavy atom. The van der Waals surface area contributed by atoms with E-state index in [4.69, 9.17) is 9.84 Å². The zero-order chi connectivity index (χ0) is 14.5. The lowest BCUT2D eigenvalue weighted by Crippen LogP contribution is -2.20. The monoisotopic (exact) mass is 276 g/mol. The first-order valence-electron chi connectivity index (χ1n) is 5.97. The standard InChI is InChI=1S/C15H13FO4/c16-14-4-2-1-3-12(14)13(15(18)19)9-20-11-7-5-10(17)6-8-11/h1-8,13,17H,9H2,(H,18,19). The number of carboxylic acids is 1. The van der Waals surface area contributed by atoms with Crippen LogP contribution in [0.5, 0.6) is 11.5 Å². The van der Waals surface area contributed by atoms with Crippen LogP contribution < -0.4 is 4.74 Å². The molecule has 5 heteroatoms. The van der Waals surface area contributed by atoms with Gasteiger partial charge in [-0.2, -0.15) is 0 Å². The van der Waals surface area contributed by atoms with Gasteiger partial charge in [0.25, 0.3) is 0 Å². The Morgan fingerprint density at radius 1 is 1.15 bits per heavy atom. The molecule has 104 valence electrons. The third-order valence-corrected chi connectivity index (χ3v) is 2.83. The first kappa shape index (κ1) is 13.9. The second kappa shape index (κ2) is 6.06. The van der Waals surface area contributed by atoms with Crippen LogP contribution in [-0.2, 0) is 4.79 Å². The summed E-state index contributed by atoms with van der Waals surface area (Å²) >= 11 is 0. The molecule has 2 aromatic carbocycles. The van der Waals surface area contributed by atoms with Gasteiger partial charge in [0.05, 0.1) is 0 Å². The topological polar surface area (TPSA) is 66.8 Å². The molecule has 0 heterocycles. The molecule has 0 aromatic heterocycles. The average Bonchev–Trinajstić information content (AvgIpc) is 2.42. The number of benzene rings is 2. The van der Waals surface area contributed by atoms with Gasteiger partial charge in [-0.25, -0.2) is 4.39 Å². The van der Waals surface area contributed by atoms with Crippen LogP contribution in [-0.4, -0.2) is 22.8 Å². The van der Waals surface area contributed by atoms with E-state index in [-0.39, 0.29) is 17.9 Å². The largest absolute Gasteiger partial charge is 0.508 e. The maximum absolute atomic E-state index is 13.6. The van der Waals surface area contributed by atoms with Gasteiger partial charge in [0.2, 0.25) is 0 Å². The van der Waals surface area contributed by atoms with Crippen LogP contribution in [0.2, 0.25) is 0 Å². The number of aliphatic carboxylic acids is 1. The van der Waals surface area contributed by atoms with E-state index in [1.807, 2.05) is 0 Å². The Balaban J connectivity index is 2.13. The number of rotatable bonds is 5. The molecule has 0 fully saturated rings. The first-order valence-corrected chi connectivity index (χ1v) is 5.97. The number of hydrogen-bond donors (Lipinski definition) is 2. The van der Waals surface area contributed by atoms with E-state index in [0.29, 0.717) is 5.75 Å². The van der Waals surface area contributed by atoms with Crippen molar-refractivity contribution in [3.05, 3.63) is 59.9 Å². The van der Waals surface area contributed by atoms with Crippen molar-refractivity contribution in [2.45, 2.75) is 5.92 Å². The number of carboxylic acid groups (broad SMARTS) is 1. The molecule has 1 unspecified atom stereocenters. The van der Waals surface area contributed by atoms with Crippen LogP contribution >= 0.6 is 0 Å². The van der Waals surface area contributed by atoms with Gasteiger partial charge in [0.15, 0.2) is 0 Å². The molecular formula is C15H13FO4. The van der Waals surface area contributed by atoms with Crippen molar-refractivity contribution in [2.75, 3.05) is 6.61 Å². The van der Waals surface area contributed by atoms with Crippen molar-refractivity contribution < 1.29 is 24.1 Å². The minimum Gasteiger partial charge on any atom is -0.508 e. The fraction of sp³-hybridized carbons (Fsp3) is 0.133. The van der Waals surface area contributed by atoms with Crippen molar-refractivity contribution in [3.63, 3.8) is 0 Å². The SMILES string of the molecule is O=C(O)C(COc1ccc(O)cc1)c1ccccc1F. The second-order valence-corrected chi connectivity index (χ2v) is 4.22. The van der Waals surface area contributed by atoms with Crippen molar-refractivity contribution in [1.29, 1.82) is 0 Å². The molecule has 4 nitrogen and oxygen atoms in total. The van der Waals surface area contributed by atoms with E-state index in [0.717, 1.165) is 0 Å². The number of ether oxygens (including phenoxy) is 1. The van der Waals surface area contributed by atoms with Gasteiger partial charge in [0.1, 0.15) is 29.8 Å². The van der Waals surface area contributed by atoms with Crippen molar-refractivity contribution in [3.8, 4) is 11.5 Å². The lowest BCUT2D eigenvalue weighted by Gasteiger charge is -2.14. The van der Waals surface area contributed by atoms with Crippen LogP contribution in [0.1, 0.15) is 11.5 Å². The highest BCUT2D eigenvalue weighted by Crippen LogP contribution is 2.22. The van der Waals surface area contributed by atoms with Crippen LogP contribution in [0.4, 0.5) is 4.39 Å². The van der Waals surface area contributed by atoms with Gasteiger partial charge in [-0.15, -0.1) is 0 Å². The Labute approximate surface area is 115 Å². The molecule has 0 radical (unpaired) electrons. The summed E-state index contributed by atoms with van der Waals surface area (Å²) < 4.78 is 19.0. The molecule has 20 heavy (non-hydrogen) atoms. The minimum absolute atomic E-state index is 0.0822. The summed E-state index contributed by atoms with van der Waals surface area (Å²) in [5.74, 6) is -2.33. The van der Waals surface area contributed by atoms with E-state index in [2.05, 4.69) is 0 Å². The minimum atomic E-state index is -1.16. The Hall–Kier alpha value is -2.56. The zero-order valence-corrected chi connectivity index (χ0v) is 10.5. The molecule has 0 saturated heterocycles. The highest BCUT2D eigenvalue weighted by Gasteiger charge is 2.23. The summed E-state index contributed by atoms with van der Waals surface area (Å²) in [4.78, 5) is 11.2. The Kier molecular flexibility index (Phi) is 4.20. The van der Waals surface area contributed by atoms with Crippen LogP contribution in [0.15, 0.2) is 48.5 Å². The van der Waals surface area contributed by atoms with Crippen molar-refractivity contribution in [1.82, 2.24) is 0 Å². The second-order valence-electron chi connectivity index (χ2n) is 4.22. The van der Waals surface area contributed by atoms with E-state index in [9.17, 15) is 14.3 Å². The number of phenols is 1. The fourth-order valence-corrected chi connectivity index (χ4v) is 1.77.